The molecule has 1 fully saturated rings. The van der Waals surface area contributed by atoms with Crippen molar-refractivity contribution in [2.75, 3.05) is 46.3 Å². The third kappa shape index (κ3) is 4.05. The lowest BCUT2D eigenvalue weighted by atomic mass is 10.0. The van der Waals surface area contributed by atoms with Gasteiger partial charge >= 0.3 is 0 Å². The van der Waals surface area contributed by atoms with E-state index in [9.17, 15) is 4.79 Å². The van der Waals surface area contributed by atoms with Gasteiger partial charge in [0.1, 0.15) is 0 Å². The van der Waals surface area contributed by atoms with Crippen LogP contribution in [0.25, 0.3) is 0 Å². The Labute approximate surface area is 128 Å². The molecule has 0 saturated carbocycles. The van der Waals surface area contributed by atoms with Crippen LogP contribution in [0.3, 0.4) is 0 Å². The normalized spacial score (nSPS) is 20.0. The van der Waals surface area contributed by atoms with E-state index in [1.807, 2.05) is 6.07 Å². The number of nitrogens with zero attached hydrogens (tertiary/aromatic N) is 3. The van der Waals surface area contributed by atoms with E-state index in [4.69, 9.17) is 0 Å². The number of benzene rings is 1. The maximum absolute atomic E-state index is 12.7. The summed E-state index contributed by atoms with van der Waals surface area (Å²) < 4.78 is 0. The van der Waals surface area contributed by atoms with Crippen LogP contribution in [0, 0.1) is 0 Å². The van der Waals surface area contributed by atoms with Crippen LogP contribution in [0.2, 0.25) is 0 Å². The van der Waals surface area contributed by atoms with Crippen molar-refractivity contribution in [2.45, 2.75) is 19.9 Å². The van der Waals surface area contributed by atoms with E-state index >= 15 is 0 Å². The summed E-state index contributed by atoms with van der Waals surface area (Å²) in [6, 6.07) is 10.6. The highest BCUT2D eigenvalue weighted by Gasteiger charge is 2.30. The van der Waals surface area contributed by atoms with Gasteiger partial charge in [0.15, 0.2) is 0 Å². The minimum absolute atomic E-state index is 0.174. The zero-order valence-corrected chi connectivity index (χ0v) is 13.5. The molecule has 4 nitrogen and oxygen atoms in total. The molecule has 4 heteroatoms. The van der Waals surface area contributed by atoms with E-state index in [1.54, 1.807) is 0 Å². The van der Waals surface area contributed by atoms with Crippen molar-refractivity contribution in [1.29, 1.82) is 0 Å². The maximum Gasteiger partial charge on any atom is 0.237 e. The number of rotatable bonds is 5. The number of carbonyl (C=O) groups excluding carboxylic acids is 1. The molecule has 1 aromatic rings. The second-order valence-corrected chi connectivity index (χ2v) is 5.74. The van der Waals surface area contributed by atoms with Gasteiger partial charge in [0.25, 0.3) is 0 Å². The van der Waals surface area contributed by atoms with E-state index in [2.05, 4.69) is 59.9 Å². The SMILES string of the molecule is CCN(CC)CC(=O)N1CCN(C)CC1c1ccccc1. The number of piperazine rings is 1. The third-order valence-corrected chi connectivity index (χ3v) is 4.34. The molecule has 0 radical (unpaired) electrons. The van der Waals surface area contributed by atoms with Crippen molar-refractivity contribution in [3.63, 3.8) is 0 Å². The van der Waals surface area contributed by atoms with Crippen molar-refractivity contribution >= 4 is 5.91 Å². The Kier molecular flexibility index (Phi) is 5.76. The predicted molar refractivity (Wildman–Crippen MR) is 86.2 cm³/mol. The first kappa shape index (κ1) is 16.0. The van der Waals surface area contributed by atoms with Crippen LogP contribution in [-0.2, 0) is 4.79 Å². The van der Waals surface area contributed by atoms with Crippen LogP contribution in [-0.4, -0.2) is 66.9 Å². The minimum Gasteiger partial charge on any atom is -0.332 e. The van der Waals surface area contributed by atoms with Gasteiger partial charge < -0.3 is 9.80 Å². The summed E-state index contributed by atoms with van der Waals surface area (Å²) in [4.78, 5) is 19.2. The minimum atomic E-state index is 0.174. The molecule has 0 bridgehead atoms. The van der Waals surface area contributed by atoms with Gasteiger partial charge in [0.05, 0.1) is 12.6 Å². The molecular weight excluding hydrogens is 262 g/mol. The Hall–Kier alpha value is -1.39. The van der Waals surface area contributed by atoms with Gasteiger partial charge in [-0.25, -0.2) is 0 Å². The zero-order chi connectivity index (χ0) is 15.2. The average Bonchev–Trinajstić information content (AvgIpc) is 2.53. The highest BCUT2D eigenvalue weighted by atomic mass is 16.2. The van der Waals surface area contributed by atoms with E-state index in [0.29, 0.717) is 6.54 Å². The van der Waals surface area contributed by atoms with Crippen molar-refractivity contribution in [3.8, 4) is 0 Å². The van der Waals surface area contributed by atoms with Crippen LogP contribution < -0.4 is 0 Å². The first-order chi connectivity index (χ1) is 10.2. The van der Waals surface area contributed by atoms with Gasteiger partial charge in [0, 0.05) is 19.6 Å². The van der Waals surface area contributed by atoms with Crippen LogP contribution in [0.5, 0.6) is 0 Å². The van der Waals surface area contributed by atoms with Gasteiger partial charge in [-0.15, -0.1) is 0 Å². The zero-order valence-electron chi connectivity index (χ0n) is 13.5. The lowest BCUT2D eigenvalue weighted by Gasteiger charge is -2.41. The monoisotopic (exact) mass is 289 g/mol. The fraction of sp³-hybridized carbons (Fsp3) is 0.588. The molecule has 1 aliphatic rings. The average molecular weight is 289 g/mol. The largest absolute Gasteiger partial charge is 0.332 e. The first-order valence-electron chi connectivity index (χ1n) is 7.91. The van der Waals surface area contributed by atoms with Crippen LogP contribution in [0.15, 0.2) is 30.3 Å². The van der Waals surface area contributed by atoms with Crippen molar-refractivity contribution in [2.24, 2.45) is 0 Å². The quantitative estimate of drug-likeness (QED) is 0.827. The van der Waals surface area contributed by atoms with E-state index < -0.39 is 0 Å². The van der Waals surface area contributed by atoms with Crippen LogP contribution in [0.1, 0.15) is 25.5 Å². The lowest BCUT2D eigenvalue weighted by Crippen LogP contribution is -2.51. The third-order valence-electron chi connectivity index (χ3n) is 4.34. The van der Waals surface area contributed by atoms with Gasteiger partial charge in [-0.05, 0) is 25.7 Å². The number of likely N-dealkylation sites (N-methyl/N-ethyl adjacent to an activating group) is 2. The number of hydrogen-bond acceptors (Lipinski definition) is 3. The van der Waals surface area contributed by atoms with Crippen molar-refractivity contribution in [1.82, 2.24) is 14.7 Å². The molecule has 1 atom stereocenters. The summed E-state index contributed by atoms with van der Waals surface area (Å²) in [6.45, 7) is 9.26. The Bertz CT molecular complexity index is 445. The maximum atomic E-state index is 12.7. The fourth-order valence-corrected chi connectivity index (χ4v) is 2.91. The van der Waals surface area contributed by atoms with Gasteiger partial charge in [-0.3, -0.25) is 9.69 Å². The second-order valence-electron chi connectivity index (χ2n) is 5.74. The van der Waals surface area contributed by atoms with Gasteiger partial charge in [-0.2, -0.15) is 0 Å². The molecule has 1 aliphatic heterocycles. The number of amides is 1. The van der Waals surface area contributed by atoms with Crippen LogP contribution in [0.4, 0.5) is 0 Å². The van der Waals surface area contributed by atoms with Gasteiger partial charge in [-0.1, -0.05) is 44.2 Å². The first-order valence-corrected chi connectivity index (χ1v) is 7.91. The summed E-state index contributed by atoms with van der Waals surface area (Å²) in [5.41, 5.74) is 1.23. The van der Waals surface area contributed by atoms with E-state index in [1.165, 1.54) is 5.56 Å². The molecule has 116 valence electrons. The predicted octanol–water partition coefficient (Wildman–Crippen LogP) is 1.84. The summed E-state index contributed by atoms with van der Waals surface area (Å²) >= 11 is 0. The molecule has 2 rings (SSSR count). The van der Waals surface area contributed by atoms with E-state index in [-0.39, 0.29) is 11.9 Å². The topological polar surface area (TPSA) is 26.8 Å². The Balaban J connectivity index is 2.13. The van der Waals surface area contributed by atoms with E-state index in [0.717, 1.165) is 32.7 Å². The molecule has 0 spiro atoms. The highest BCUT2D eigenvalue weighted by Crippen LogP contribution is 2.24. The van der Waals surface area contributed by atoms with Crippen molar-refractivity contribution in [3.05, 3.63) is 35.9 Å². The van der Waals surface area contributed by atoms with Crippen molar-refractivity contribution < 1.29 is 4.79 Å². The van der Waals surface area contributed by atoms with Crippen LogP contribution >= 0.6 is 0 Å². The molecule has 1 aromatic carbocycles. The Morgan fingerprint density at radius 3 is 2.48 bits per heavy atom. The Morgan fingerprint density at radius 2 is 1.86 bits per heavy atom. The molecular formula is C17H27N3O. The molecule has 21 heavy (non-hydrogen) atoms. The Morgan fingerprint density at radius 1 is 1.19 bits per heavy atom. The molecule has 1 heterocycles. The number of carbonyl (C=O) groups is 1. The summed E-state index contributed by atoms with van der Waals surface area (Å²) in [5, 5.41) is 0. The molecule has 0 aliphatic carbocycles. The number of hydrogen-bond donors (Lipinski definition) is 0. The molecule has 1 amide bonds. The molecule has 1 saturated heterocycles. The van der Waals surface area contributed by atoms with Gasteiger partial charge in [0.2, 0.25) is 5.91 Å². The molecule has 0 aromatic heterocycles. The lowest BCUT2D eigenvalue weighted by molar-refractivity contribution is -0.137. The highest BCUT2D eigenvalue weighted by molar-refractivity contribution is 5.79. The smallest absolute Gasteiger partial charge is 0.237 e. The molecule has 0 N–H and O–H groups in total. The second kappa shape index (κ2) is 7.57. The standard InChI is InChI=1S/C17H27N3O/c1-4-19(5-2)14-17(21)20-12-11-18(3)13-16(20)15-9-7-6-8-10-15/h6-10,16H,4-5,11-14H2,1-3H3. The summed E-state index contributed by atoms with van der Waals surface area (Å²) in [6.07, 6.45) is 0. The summed E-state index contributed by atoms with van der Waals surface area (Å²) in [5.74, 6) is 0.251. The molecule has 1 unspecified atom stereocenters. The fourth-order valence-electron chi connectivity index (χ4n) is 2.91. The summed E-state index contributed by atoms with van der Waals surface area (Å²) in [7, 11) is 2.13.